The number of primary amides is 1. The number of fused-ring (bicyclic) bond motifs is 1. The molecule has 26 heavy (non-hydrogen) atoms. The third-order valence-corrected chi connectivity index (χ3v) is 5.56. The smallest absolute Gasteiger partial charge is 0.281 e. The second-order valence-electron chi connectivity index (χ2n) is 6.38. The normalized spacial score (nSPS) is 20.0. The van der Waals surface area contributed by atoms with E-state index in [0.29, 0.717) is 28.8 Å². The predicted molar refractivity (Wildman–Crippen MR) is 101 cm³/mol. The second-order valence-corrected chi connectivity index (χ2v) is 7.34. The molecule has 0 unspecified atom stereocenters. The van der Waals surface area contributed by atoms with Crippen molar-refractivity contribution in [1.29, 1.82) is 0 Å². The number of thiazole rings is 1. The molecule has 0 aliphatic carbocycles. The molecular weight excluding hydrogens is 352 g/mol. The van der Waals surface area contributed by atoms with Gasteiger partial charge in [-0.15, -0.1) is 0 Å². The fourth-order valence-electron chi connectivity index (χ4n) is 3.26. The number of benzene rings is 1. The van der Waals surface area contributed by atoms with Crippen molar-refractivity contribution in [3.63, 3.8) is 0 Å². The Labute approximate surface area is 153 Å². The number of aromatic nitrogens is 3. The Morgan fingerprint density at radius 1 is 1.27 bits per heavy atom. The number of hydrogen-bond donors (Lipinski definition) is 2. The van der Waals surface area contributed by atoms with E-state index in [2.05, 4.69) is 9.97 Å². The topological polar surface area (TPSA) is 120 Å². The summed E-state index contributed by atoms with van der Waals surface area (Å²) in [6.45, 7) is 0.472. The molecule has 4 N–H and O–H groups in total. The summed E-state index contributed by atoms with van der Waals surface area (Å²) in [5, 5.41) is 0.548. The van der Waals surface area contributed by atoms with E-state index in [9.17, 15) is 9.59 Å². The lowest BCUT2D eigenvalue weighted by Crippen LogP contribution is -2.40. The third-order valence-electron chi connectivity index (χ3n) is 4.57. The van der Waals surface area contributed by atoms with Gasteiger partial charge in [-0.3, -0.25) is 14.2 Å². The molecule has 1 fully saturated rings. The minimum Gasteiger partial charge on any atom is -0.368 e. The molecule has 4 rings (SSSR count). The van der Waals surface area contributed by atoms with E-state index in [1.165, 1.54) is 15.9 Å². The van der Waals surface area contributed by atoms with E-state index in [-0.39, 0.29) is 17.1 Å². The SMILES string of the molecule is Cn1c(-c2ccccc2)nc2sc(N3C[C@H](N)C[C@@H]3C(N)=O)nc2c1=O. The zero-order valence-electron chi connectivity index (χ0n) is 14.1. The van der Waals surface area contributed by atoms with Crippen LogP contribution in [0.4, 0.5) is 5.13 Å². The average Bonchev–Trinajstić information content (AvgIpc) is 3.22. The molecule has 134 valence electrons. The molecular formula is C17H18N6O2S. The largest absolute Gasteiger partial charge is 0.368 e. The lowest BCUT2D eigenvalue weighted by molar-refractivity contribution is -0.119. The summed E-state index contributed by atoms with van der Waals surface area (Å²) in [5.41, 5.74) is 12.4. The van der Waals surface area contributed by atoms with Crippen LogP contribution in [-0.4, -0.2) is 39.1 Å². The quantitative estimate of drug-likeness (QED) is 0.691. The maximum atomic E-state index is 12.8. The summed E-state index contributed by atoms with van der Waals surface area (Å²) >= 11 is 1.28. The van der Waals surface area contributed by atoms with Gasteiger partial charge < -0.3 is 16.4 Å². The molecule has 1 aliphatic rings. The Morgan fingerprint density at radius 3 is 2.69 bits per heavy atom. The summed E-state index contributed by atoms with van der Waals surface area (Å²) in [4.78, 5) is 35.9. The van der Waals surface area contributed by atoms with E-state index >= 15 is 0 Å². The van der Waals surface area contributed by atoms with Gasteiger partial charge in [-0.25, -0.2) is 9.97 Å². The summed E-state index contributed by atoms with van der Waals surface area (Å²) in [6.07, 6.45) is 0.478. The first-order valence-electron chi connectivity index (χ1n) is 8.20. The number of anilines is 1. The molecule has 0 radical (unpaired) electrons. The Bertz CT molecular complexity index is 1040. The van der Waals surface area contributed by atoms with Crippen LogP contribution in [0.2, 0.25) is 0 Å². The number of amides is 1. The Morgan fingerprint density at radius 2 is 2.00 bits per heavy atom. The van der Waals surface area contributed by atoms with Crippen LogP contribution < -0.4 is 21.9 Å². The molecule has 9 heteroatoms. The average molecular weight is 370 g/mol. The van der Waals surface area contributed by atoms with Gasteiger partial charge in [0.25, 0.3) is 5.56 Å². The van der Waals surface area contributed by atoms with Crippen LogP contribution in [0.1, 0.15) is 6.42 Å². The molecule has 1 amide bonds. The van der Waals surface area contributed by atoms with E-state index in [1.54, 1.807) is 11.9 Å². The van der Waals surface area contributed by atoms with Crippen molar-refractivity contribution in [2.45, 2.75) is 18.5 Å². The van der Waals surface area contributed by atoms with Crippen molar-refractivity contribution < 1.29 is 4.79 Å². The number of rotatable bonds is 3. The van der Waals surface area contributed by atoms with Crippen molar-refractivity contribution >= 4 is 32.7 Å². The lowest BCUT2D eigenvalue weighted by atomic mass is 10.2. The molecule has 0 spiro atoms. The fourth-order valence-corrected chi connectivity index (χ4v) is 4.25. The molecule has 1 aromatic carbocycles. The molecule has 1 saturated heterocycles. The molecule has 2 aromatic heterocycles. The van der Waals surface area contributed by atoms with Crippen molar-refractivity contribution in [3.05, 3.63) is 40.7 Å². The first kappa shape index (κ1) is 16.7. The van der Waals surface area contributed by atoms with Crippen LogP contribution in [0.5, 0.6) is 0 Å². The first-order chi connectivity index (χ1) is 12.5. The highest BCUT2D eigenvalue weighted by atomic mass is 32.1. The standard InChI is InChI=1S/C17H18N6O2S/c1-22-14(9-5-3-2-4-6-9)21-15-12(16(22)25)20-17(26-15)23-8-10(18)7-11(23)13(19)24/h2-6,10-11H,7-8,18H2,1H3,(H2,19,24)/t10-,11-/m1/s1. The van der Waals surface area contributed by atoms with Gasteiger partial charge >= 0.3 is 0 Å². The number of nitrogens with zero attached hydrogens (tertiary/aromatic N) is 4. The highest BCUT2D eigenvalue weighted by Crippen LogP contribution is 2.32. The Kier molecular flexibility index (Phi) is 3.97. The molecule has 3 aromatic rings. The summed E-state index contributed by atoms with van der Waals surface area (Å²) in [6, 6.07) is 8.83. The van der Waals surface area contributed by atoms with Crippen LogP contribution in [-0.2, 0) is 11.8 Å². The maximum absolute atomic E-state index is 12.8. The van der Waals surface area contributed by atoms with Gasteiger partial charge in [0.1, 0.15) is 11.9 Å². The van der Waals surface area contributed by atoms with Crippen LogP contribution in [0.25, 0.3) is 21.7 Å². The summed E-state index contributed by atoms with van der Waals surface area (Å²) in [5.74, 6) is 0.130. The van der Waals surface area contributed by atoms with Crippen molar-refractivity contribution in [3.8, 4) is 11.4 Å². The zero-order valence-corrected chi connectivity index (χ0v) is 14.9. The number of nitrogens with two attached hydrogens (primary N) is 2. The number of hydrogen-bond acceptors (Lipinski definition) is 7. The zero-order chi connectivity index (χ0) is 18.4. The minimum atomic E-state index is -0.511. The van der Waals surface area contributed by atoms with Gasteiger partial charge in [0, 0.05) is 25.2 Å². The summed E-state index contributed by atoms with van der Waals surface area (Å²) < 4.78 is 1.49. The molecule has 3 heterocycles. The lowest BCUT2D eigenvalue weighted by Gasteiger charge is -2.20. The molecule has 0 saturated carbocycles. The molecule has 0 bridgehead atoms. The van der Waals surface area contributed by atoms with Gasteiger partial charge in [-0.2, -0.15) is 0 Å². The fraction of sp³-hybridized carbons (Fsp3) is 0.294. The molecule has 8 nitrogen and oxygen atoms in total. The highest BCUT2D eigenvalue weighted by Gasteiger charge is 2.36. The van der Waals surface area contributed by atoms with Gasteiger partial charge in [0.2, 0.25) is 5.91 Å². The van der Waals surface area contributed by atoms with Crippen molar-refractivity contribution in [2.75, 3.05) is 11.4 Å². The van der Waals surface area contributed by atoms with E-state index in [1.807, 2.05) is 30.3 Å². The first-order valence-corrected chi connectivity index (χ1v) is 9.02. The molecule has 1 aliphatic heterocycles. The minimum absolute atomic E-state index is 0.157. The van der Waals surface area contributed by atoms with Gasteiger partial charge in [-0.1, -0.05) is 41.7 Å². The van der Waals surface area contributed by atoms with Crippen LogP contribution in [0, 0.1) is 0 Å². The van der Waals surface area contributed by atoms with Gasteiger partial charge in [-0.05, 0) is 6.42 Å². The monoisotopic (exact) mass is 370 g/mol. The number of carbonyl (C=O) groups is 1. The summed E-state index contributed by atoms with van der Waals surface area (Å²) in [7, 11) is 1.67. The maximum Gasteiger partial charge on any atom is 0.281 e. The van der Waals surface area contributed by atoms with Crippen LogP contribution in [0.15, 0.2) is 35.1 Å². The van der Waals surface area contributed by atoms with E-state index in [4.69, 9.17) is 11.5 Å². The van der Waals surface area contributed by atoms with E-state index in [0.717, 1.165) is 5.56 Å². The Hall–Kier alpha value is -2.78. The second kappa shape index (κ2) is 6.19. The van der Waals surface area contributed by atoms with E-state index < -0.39 is 11.9 Å². The van der Waals surface area contributed by atoms with Crippen LogP contribution >= 0.6 is 11.3 Å². The van der Waals surface area contributed by atoms with Crippen molar-refractivity contribution in [2.24, 2.45) is 18.5 Å². The number of carbonyl (C=O) groups excluding carboxylic acids is 1. The van der Waals surface area contributed by atoms with Gasteiger partial charge in [0.15, 0.2) is 15.5 Å². The predicted octanol–water partition coefficient (Wildman–Crippen LogP) is 0.448. The Balaban J connectivity index is 1.85. The molecule has 2 atom stereocenters. The van der Waals surface area contributed by atoms with Crippen molar-refractivity contribution in [1.82, 2.24) is 14.5 Å². The van der Waals surface area contributed by atoms with Gasteiger partial charge in [0.05, 0.1) is 0 Å². The van der Waals surface area contributed by atoms with Crippen LogP contribution in [0.3, 0.4) is 0 Å². The highest BCUT2D eigenvalue weighted by molar-refractivity contribution is 7.21. The third kappa shape index (κ3) is 2.65.